The normalized spacial score (nSPS) is 1.25. The predicted molar refractivity (Wildman–Crippen MR) is 25.4 cm³/mol. The van der Waals surface area contributed by atoms with Gasteiger partial charge in [0.15, 0.2) is 0 Å². The van der Waals surface area contributed by atoms with Gasteiger partial charge in [-0.1, -0.05) is 0 Å². The summed E-state index contributed by atoms with van der Waals surface area (Å²) < 4.78 is 0. The SMILES string of the molecule is [B]P.[BiH3].[Zn]. The summed E-state index contributed by atoms with van der Waals surface area (Å²) in [6, 6.07) is 0. The molecule has 0 nitrogen and oxygen atoms in total. The van der Waals surface area contributed by atoms with Crippen LogP contribution in [0.25, 0.3) is 0 Å². The van der Waals surface area contributed by atoms with Gasteiger partial charge in [-0.25, -0.2) is 0 Å². The fourth-order valence-electron chi connectivity index (χ4n) is 0. The van der Waals surface area contributed by atoms with Gasteiger partial charge < -0.3 is 0 Å². The van der Waals surface area contributed by atoms with Crippen LogP contribution in [0.1, 0.15) is 0 Å². The van der Waals surface area contributed by atoms with Crippen LogP contribution in [0.5, 0.6) is 0 Å². The Morgan fingerprint density at radius 2 is 1.25 bits per heavy atom. The number of hydrogen-bond donors (Lipinski definition) is 0. The van der Waals surface area contributed by atoms with Gasteiger partial charge in [0.05, 0.1) is 7.57 Å². The van der Waals surface area contributed by atoms with E-state index in [4.69, 9.17) is 0 Å². The molecule has 0 aliphatic rings. The van der Waals surface area contributed by atoms with Gasteiger partial charge in [0.1, 0.15) is 0 Å². The van der Waals surface area contributed by atoms with Crippen molar-refractivity contribution in [2.45, 2.75) is 0 Å². The van der Waals surface area contributed by atoms with Gasteiger partial charge in [-0.3, -0.25) is 0 Å². The summed E-state index contributed by atoms with van der Waals surface area (Å²) in [5, 5.41) is 0. The minimum absolute atomic E-state index is 0. The van der Waals surface area contributed by atoms with Gasteiger partial charge in [0, 0.05) is 19.5 Å². The van der Waals surface area contributed by atoms with Gasteiger partial charge in [-0.05, 0) is 0 Å². The average Bonchev–Trinajstić information content (AvgIpc) is 1.00. The summed E-state index contributed by atoms with van der Waals surface area (Å²) in [5.74, 6) is 0. The fraction of sp³-hybridized carbons (Fsp3) is 0. The van der Waals surface area contributed by atoms with Crippen molar-refractivity contribution in [3.63, 3.8) is 0 Å². The molecule has 4 heavy (non-hydrogen) atoms. The molecule has 2 radical (unpaired) electrons. The maximum atomic E-state index is 4.42. The van der Waals surface area contributed by atoms with Crippen LogP contribution in [0.15, 0.2) is 0 Å². The number of rotatable bonds is 0. The molecule has 1 unspecified atom stereocenters. The second-order valence-corrected chi connectivity index (χ2v) is 0. The summed E-state index contributed by atoms with van der Waals surface area (Å²) in [4.78, 5) is 0. The first-order valence-electron chi connectivity index (χ1n) is 0.333. The van der Waals surface area contributed by atoms with Crippen molar-refractivity contribution in [3.8, 4) is 0 Å². The molecule has 0 heterocycles. The summed E-state index contributed by atoms with van der Waals surface area (Å²) in [7, 11) is 6.33. The van der Waals surface area contributed by atoms with E-state index in [-0.39, 0.29) is 45.7 Å². The Balaban J connectivity index is -0.00000000500. The van der Waals surface area contributed by atoms with Crippen LogP contribution in [0.3, 0.4) is 0 Å². The fourth-order valence-corrected chi connectivity index (χ4v) is 0. The number of hydrogen-bond acceptors (Lipinski definition) is 0. The van der Waals surface area contributed by atoms with E-state index in [1.165, 1.54) is 0 Å². The maximum absolute atomic E-state index is 4.42. The monoisotopic (exact) mass is 320 g/mol. The maximum Gasteiger partial charge on any atom is 0 e. The zero-order valence-electron chi connectivity index (χ0n) is 2.57. The van der Waals surface area contributed by atoms with Crippen molar-refractivity contribution in [2.24, 2.45) is 0 Å². The van der Waals surface area contributed by atoms with Crippen LogP contribution >= 0.6 is 9.12 Å². The molecule has 0 fully saturated rings. The summed E-state index contributed by atoms with van der Waals surface area (Å²) in [6.07, 6.45) is 0. The molecule has 0 spiro atoms. The third kappa shape index (κ3) is 9.00. The summed E-state index contributed by atoms with van der Waals surface area (Å²) in [6.45, 7) is 0. The zero-order valence-corrected chi connectivity index (χ0v) is 12.2. The standard InChI is InChI=1S/BH2P.Bi.Zn.3H/c1-2;;;;;/h2H2;;;;;. The Hall–Kier alpha value is 2.00. The Morgan fingerprint density at radius 1 is 1.25 bits per heavy atom. The van der Waals surface area contributed by atoms with E-state index in [0.29, 0.717) is 0 Å². The minimum atomic E-state index is 0. The molecule has 0 aliphatic carbocycles. The molecule has 4 heteroatoms. The second-order valence-electron chi connectivity index (χ2n) is 0. The van der Waals surface area contributed by atoms with E-state index >= 15 is 0 Å². The van der Waals surface area contributed by atoms with Crippen LogP contribution in [-0.4, -0.2) is 33.8 Å². The van der Waals surface area contributed by atoms with Crippen molar-refractivity contribution in [2.75, 3.05) is 0 Å². The molecular weight excluding hydrogens is 316 g/mol. The Bertz CT molecular complexity index is 8.00. The van der Waals surface area contributed by atoms with Crippen LogP contribution in [-0.2, 0) is 19.5 Å². The predicted octanol–water partition coefficient (Wildman–Crippen LogP) is -1.24. The first-order valence-corrected chi connectivity index (χ1v) is 1.00. The van der Waals surface area contributed by atoms with Gasteiger partial charge in [0.25, 0.3) is 0 Å². The van der Waals surface area contributed by atoms with Crippen LogP contribution in [0.4, 0.5) is 0 Å². The third-order valence-electron chi connectivity index (χ3n) is 0. The first kappa shape index (κ1) is 16.7. The molecular formula is H5BBiPZn. The largest absolute Gasteiger partial charge is 0 e. The third-order valence-corrected chi connectivity index (χ3v) is 0. The van der Waals surface area contributed by atoms with Crippen molar-refractivity contribution in [1.29, 1.82) is 0 Å². The average molecular weight is 321 g/mol. The molecule has 0 N–H and O–H groups in total. The molecule has 0 aromatic heterocycles. The Labute approximate surface area is 61.9 Å². The quantitative estimate of drug-likeness (QED) is 0.387. The summed E-state index contributed by atoms with van der Waals surface area (Å²) in [5.41, 5.74) is 0. The van der Waals surface area contributed by atoms with Crippen LogP contribution < -0.4 is 0 Å². The molecule has 0 rings (SSSR count). The van der Waals surface area contributed by atoms with Gasteiger partial charge in [-0.15, -0.1) is 0 Å². The van der Waals surface area contributed by atoms with E-state index in [0.717, 1.165) is 0 Å². The Morgan fingerprint density at radius 3 is 1.25 bits per heavy atom. The first-order chi connectivity index (χ1) is 1.00. The molecule has 0 aromatic rings. The van der Waals surface area contributed by atoms with Gasteiger partial charge in [0.2, 0.25) is 0 Å². The molecule has 20 valence electrons. The smallest absolute Gasteiger partial charge is 0 e. The molecule has 0 bridgehead atoms. The summed E-state index contributed by atoms with van der Waals surface area (Å²) >= 11 is 0. The molecule has 1 atom stereocenters. The topological polar surface area (TPSA) is 0 Å². The van der Waals surface area contributed by atoms with Gasteiger partial charge >= 0.3 is 26.2 Å². The van der Waals surface area contributed by atoms with Crippen LogP contribution in [0, 0.1) is 0 Å². The van der Waals surface area contributed by atoms with Crippen molar-refractivity contribution >= 4 is 42.9 Å². The minimum Gasteiger partial charge on any atom is 0 e. The van der Waals surface area contributed by atoms with E-state index in [1.807, 2.05) is 9.12 Å². The zero-order chi connectivity index (χ0) is 2.00. The van der Waals surface area contributed by atoms with E-state index in [1.54, 1.807) is 0 Å². The van der Waals surface area contributed by atoms with E-state index in [2.05, 4.69) is 7.57 Å². The molecule has 0 amide bonds. The van der Waals surface area contributed by atoms with Crippen molar-refractivity contribution in [3.05, 3.63) is 0 Å². The molecule has 0 aromatic carbocycles. The molecule has 0 aliphatic heterocycles. The van der Waals surface area contributed by atoms with Crippen molar-refractivity contribution in [1.82, 2.24) is 0 Å². The van der Waals surface area contributed by atoms with Gasteiger partial charge in [-0.2, -0.15) is 9.12 Å². The molecule has 0 saturated carbocycles. The van der Waals surface area contributed by atoms with E-state index < -0.39 is 0 Å². The van der Waals surface area contributed by atoms with Crippen molar-refractivity contribution < 1.29 is 19.5 Å². The Kier molecular flexibility index (Phi) is 83.3. The van der Waals surface area contributed by atoms with E-state index in [9.17, 15) is 0 Å². The second kappa shape index (κ2) is 20.0. The molecule has 0 saturated heterocycles. The van der Waals surface area contributed by atoms with Crippen LogP contribution in [0.2, 0.25) is 0 Å².